The van der Waals surface area contributed by atoms with Crippen LogP contribution in [0.1, 0.15) is 44.9 Å². The molecule has 2 rings (SSSR count). The summed E-state index contributed by atoms with van der Waals surface area (Å²) in [7, 11) is 0. The van der Waals surface area contributed by atoms with Gasteiger partial charge in [0.1, 0.15) is 0 Å². The molecule has 16 heavy (non-hydrogen) atoms. The zero-order chi connectivity index (χ0) is 11.4. The maximum absolute atomic E-state index is 10.4. The molecule has 1 heterocycles. The van der Waals surface area contributed by atoms with Gasteiger partial charge in [-0.1, -0.05) is 12.8 Å². The quantitative estimate of drug-likeness (QED) is 0.761. The highest BCUT2D eigenvalue weighted by atomic mass is 16.3. The number of piperidine rings is 1. The van der Waals surface area contributed by atoms with E-state index in [1.165, 1.54) is 32.2 Å². The SMILES string of the molecule is NCCC1CCCN(CC2(O)CCCC2)C1. The fourth-order valence-corrected chi connectivity index (χ4v) is 3.37. The van der Waals surface area contributed by atoms with E-state index in [2.05, 4.69) is 4.90 Å². The Hall–Kier alpha value is -0.120. The fraction of sp³-hybridized carbons (Fsp3) is 1.00. The Balaban J connectivity index is 1.80. The van der Waals surface area contributed by atoms with Crippen molar-refractivity contribution in [3.05, 3.63) is 0 Å². The Kier molecular flexibility index (Phi) is 4.22. The molecule has 3 N–H and O–H groups in total. The molecule has 3 nitrogen and oxygen atoms in total. The van der Waals surface area contributed by atoms with E-state index in [-0.39, 0.29) is 5.60 Å². The van der Waals surface area contributed by atoms with E-state index in [1.54, 1.807) is 0 Å². The van der Waals surface area contributed by atoms with E-state index < -0.39 is 0 Å². The predicted octanol–water partition coefficient (Wildman–Crippen LogP) is 1.35. The van der Waals surface area contributed by atoms with Gasteiger partial charge in [0, 0.05) is 13.1 Å². The van der Waals surface area contributed by atoms with Crippen molar-refractivity contribution in [3.8, 4) is 0 Å². The van der Waals surface area contributed by atoms with Crippen LogP contribution in [-0.2, 0) is 0 Å². The van der Waals surface area contributed by atoms with Crippen molar-refractivity contribution in [2.75, 3.05) is 26.2 Å². The van der Waals surface area contributed by atoms with Gasteiger partial charge in [0.25, 0.3) is 0 Å². The molecule has 0 aromatic heterocycles. The lowest BCUT2D eigenvalue weighted by Gasteiger charge is -2.37. The van der Waals surface area contributed by atoms with Crippen LogP contribution in [0.3, 0.4) is 0 Å². The minimum absolute atomic E-state index is 0.370. The molecule has 3 heteroatoms. The lowest BCUT2D eigenvalue weighted by molar-refractivity contribution is -0.00253. The van der Waals surface area contributed by atoms with E-state index in [0.29, 0.717) is 0 Å². The second-order valence-electron chi connectivity index (χ2n) is 5.75. The van der Waals surface area contributed by atoms with E-state index in [1.807, 2.05) is 0 Å². The summed E-state index contributed by atoms with van der Waals surface area (Å²) < 4.78 is 0. The van der Waals surface area contributed by atoms with Crippen LogP contribution >= 0.6 is 0 Å². The first-order chi connectivity index (χ1) is 7.72. The van der Waals surface area contributed by atoms with Crippen molar-refractivity contribution in [2.24, 2.45) is 11.7 Å². The van der Waals surface area contributed by atoms with E-state index in [4.69, 9.17) is 5.73 Å². The summed E-state index contributed by atoms with van der Waals surface area (Å²) in [4.78, 5) is 2.47. The number of aliphatic hydroxyl groups is 1. The topological polar surface area (TPSA) is 49.5 Å². The van der Waals surface area contributed by atoms with Crippen LogP contribution in [0.15, 0.2) is 0 Å². The predicted molar refractivity (Wildman–Crippen MR) is 66.3 cm³/mol. The molecule has 0 aromatic rings. The number of hydrogen-bond donors (Lipinski definition) is 2. The van der Waals surface area contributed by atoms with Crippen LogP contribution in [0.5, 0.6) is 0 Å². The molecule has 1 atom stereocenters. The second-order valence-corrected chi connectivity index (χ2v) is 5.75. The first-order valence-corrected chi connectivity index (χ1v) is 6.87. The van der Waals surface area contributed by atoms with E-state index in [0.717, 1.165) is 44.8 Å². The van der Waals surface area contributed by atoms with Crippen LogP contribution in [0.2, 0.25) is 0 Å². The summed E-state index contributed by atoms with van der Waals surface area (Å²) in [5.41, 5.74) is 5.26. The van der Waals surface area contributed by atoms with Gasteiger partial charge in [-0.2, -0.15) is 0 Å². The molecule has 1 saturated heterocycles. The third kappa shape index (κ3) is 3.19. The number of rotatable bonds is 4. The van der Waals surface area contributed by atoms with Crippen LogP contribution in [0.25, 0.3) is 0 Å². The van der Waals surface area contributed by atoms with E-state index in [9.17, 15) is 5.11 Å². The zero-order valence-electron chi connectivity index (χ0n) is 10.3. The Bertz CT molecular complexity index is 212. The largest absolute Gasteiger partial charge is 0.389 e. The van der Waals surface area contributed by atoms with Crippen LogP contribution in [-0.4, -0.2) is 41.8 Å². The Morgan fingerprint density at radius 3 is 2.69 bits per heavy atom. The average Bonchev–Trinajstić information content (AvgIpc) is 2.66. The summed E-state index contributed by atoms with van der Waals surface area (Å²) in [6.45, 7) is 4.03. The average molecular weight is 226 g/mol. The normalized spacial score (nSPS) is 30.8. The third-order valence-corrected chi connectivity index (χ3v) is 4.23. The molecule has 0 spiro atoms. The van der Waals surface area contributed by atoms with Gasteiger partial charge in [0.05, 0.1) is 5.60 Å². The second kappa shape index (κ2) is 5.48. The van der Waals surface area contributed by atoms with Crippen LogP contribution in [0, 0.1) is 5.92 Å². The van der Waals surface area contributed by atoms with Gasteiger partial charge in [0.2, 0.25) is 0 Å². The third-order valence-electron chi connectivity index (χ3n) is 4.23. The monoisotopic (exact) mass is 226 g/mol. The van der Waals surface area contributed by atoms with Gasteiger partial charge >= 0.3 is 0 Å². The standard InChI is InChI=1S/C13H26N2O/c14-8-5-12-4-3-9-15(10-12)11-13(16)6-1-2-7-13/h12,16H,1-11,14H2. The lowest BCUT2D eigenvalue weighted by Crippen LogP contribution is -2.45. The highest BCUT2D eigenvalue weighted by Crippen LogP contribution is 2.31. The minimum Gasteiger partial charge on any atom is -0.389 e. The molecule has 1 aliphatic heterocycles. The van der Waals surface area contributed by atoms with Crippen molar-refractivity contribution >= 4 is 0 Å². The highest BCUT2D eigenvalue weighted by Gasteiger charge is 2.34. The van der Waals surface area contributed by atoms with Gasteiger partial charge in [0.15, 0.2) is 0 Å². The first kappa shape index (κ1) is 12.3. The molecular weight excluding hydrogens is 200 g/mol. The highest BCUT2D eigenvalue weighted by molar-refractivity contribution is 4.88. The van der Waals surface area contributed by atoms with Gasteiger partial charge < -0.3 is 15.7 Å². The summed E-state index contributed by atoms with van der Waals surface area (Å²) in [5, 5.41) is 10.4. The molecule has 1 saturated carbocycles. The molecule has 0 radical (unpaired) electrons. The maximum atomic E-state index is 10.4. The van der Waals surface area contributed by atoms with Gasteiger partial charge in [-0.15, -0.1) is 0 Å². The summed E-state index contributed by atoms with van der Waals surface area (Å²) in [6.07, 6.45) is 8.17. The van der Waals surface area contributed by atoms with Crippen molar-refractivity contribution in [2.45, 2.75) is 50.5 Å². The lowest BCUT2D eigenvalue weighted by atomic mass is 9.93. The van der Waals surface area contributed by atoms with Gasteiger partial charge in [-0.05, 0) is 51.1 Å². The Labute approximate surface area is 99.0 Å². The number of nitrogens with zero attached hydrogens (tertiary/aromatic N) is 1. The Morgan fingerprint density at radius 1 is 1.25 bits per heavy atom. The molecule has 0 bridgehead atoms. The molecule has 94 valence electrons. The summed E-state index contributed by atoms with van der Waals surface area (Å²) in [5.74, 6) is 0.767. The van der Waals surface area contributed by atoms with Crippen LogP contribution in [0.4, 0.5) is 0 Å². The van der Waals surface area contributed by atoms with Gasteiger partial charge in [-0.3, -0.25) is 0 Å². The van der Waals surface area contributed by atoms with Gasteiger partial charge in [-0.25, -0.2) is 0 Å². The number of β-amino-alcohol motifs (C(OH)–C–C–N with tert-alkyl or cyclic N) is 1. The first-order valence-electron chi connectivity index (χ1n) is 6.87. The smallest absolute Gasteiger partial charge is 0.0774 e. The molecule has 2 fully saturated rings. The van der Waals surface area contributed by atoms with Crippen molar-refractivity contribution in [1.82, 2.24) is 4.90 Å². The molecule has 1 aliphatic carbocycles. The number of nitrogens with two attached hydrogens (primary N) is 1. The summed E-state index contributed by atoms with van der Waals surface area (Å²) in [6, 6.07) is 0. The van der Waals surface area contributed by atoms with Crippen molar-refractivity contribution < 1.29 is 5.11 Å². The number of likely N-dealkylation sites (tertiary alicyclic amines) is 1. The molecule has 0 amide bonds. The number of hydrogen-bond acceptors (Lipinski definition) is 3. The zero-order valence-corrected chi connectivity index (χ0v) is 10.3. The van der Waals surface area contributed by atoms with Crippen LogP contribution < -0.4 is 5.73 Å². The molecule has 2 aliphatic rings. The molecular formula is C13H26N2O. The molecule has 1 unspecified atom stereocenters. The minimum atomic E-state index is -0.370. The fourth-order valence-electron chi connectivity index (χ4n) is 3.37. The van der Waals surface area contributed by atoms with E-state index >= 15 is 0 Å². The summed E-state index contributed by atoms with van der Waals surface area (Å²) >= 11 is 0. The maximum Gasteiger partial charge on any atom is 0.0774 e. The Morgan fingerprint density at radius 2 is 2.00 bits per heavy atom. The van der Waals surface area contributed by atoms with Crippen molar-refractivity contribution in [3.63, 3.8) is 0 Å². The molecule has 0 aromatic carbocycles. The van der Waals surface area contributed by atoms with Crippen molar-refractivity contribution in [1.29, 1.82) is 0 Å².